The van der Waals surface area contributed by atoms with Crippen molar-refractivity contribution in [2.75, 3.05) is 0 Å². The molecule has 2 aromatic carbocycles. The maximum Gasteiger partial charge on any atom is 0.255 e. The van der Waals surface area contributed by atoms with Gasteiger partial charge in [0.05, 0.1) is 17.7 Å². The molecule has 3 heterocycles. The highest BCUT2D eigenvalue weighted by Crippen LogP contribution is 2.35. The number of imidazole rings is 1. The first kappa shape index (κ1) is 24.1. The molecule has 2 fully saturated rings. The summed E-state index contributed by atoms with van der Waals surface area (Å²) < 4.78 is 1.94. The molecule has 4 amide bonds. The van der Waals surface area contributed by atoms with Gasteiger partial charge in [-0.25, -0.2) is 4.98 Å². The minimum absolute atomic E-state index is 0.0439. The molecule has 1 saturated carbocycles. The number of nitrogens with one attached hydrogen (secondary N) is 2. The minimum Gasteiger partial charge on any atom is -0.349 e. The van der Waals surface area contributed by atoms with E-state index >= 15 is 0 Å². The summed E-state index contributed by atoms with van der Waals surface area (Å²) in [4.78, 5) is 55.8. The second-order valence-corrected chi connectivity index (χ2v) is 10.4. The number of aryl methyl sites for hydroxylation is 1. The Kier molecular flexibility index (Phi) is 6.06. The highest BCUT2D eigenvalue weighted by Gasteiger charge is 2.39. The summed E-state index contributed by atoms with van der Waals surface area (Å²) in [6.07, 6.45) is 6.72. The first-order valence-corrected chi connectivity index (χ1v) is 13.1. The Bertz CT molecular complexity index is 1450. The molecule has 2 N–H and O–H groups in total. The predicted octanol–water partition coefficient (Wildman–Crippen LogP) is 3.19. The van der Waals surface area contributed by atoms with E-state index in [1.165, 1.54) is 12.8 Å². The molecule has 9 nitrogen and oxygen atoms in total. The fraction of sp³-hybridized carbons (Fsp3) is 0.345. The molecule has 0 bridgehead atoms. The first-order chi connectivity index (χ1) is 18.4. The molecule has 0 radical (unpaired) electrons. The lowest BCUT2D eigenvalue weighted by molar-refractivity contribution is -0.136. The van der Waals surface area contributed by atoms with Crippen molar-refractivity contribution >= 4 is 23.6 Å². The summed E-state index contributed by atoms with van der Waals surface area (Å²) in [5.74, 6) is -0.968. The van der Waals surface area contributed by atoms with Crippen LogP contribution in [-0.2, 0) is 23.2 Å². The van der Waals surface area contributed by atoms with E-state index in [0.717, 1.165) is 40.9 Å². The van der Waals surface area contributed by atoms with Gasteiger partial charge in [0.15, 0.2) is 0 Å². The smallest absolute Gasteiger partial charge is 0.255 e. The normalized spacial score (nSPS) is 19.6. The van der Waals surface area contributed by atoms with Crippen molar-refractivity contribution in [3.63, 3.8) is 0 Å². The zero-order valence-corrected chi connectivity index (χ0v) is 21.2. The Labute approximate surface area is 220 Å². The molecule has 1 unspecified atom stereocenters. The predicted molar refractivity (Wildman–Crippen MR) is 140 cm³/mol. The topological polar surface area (TPSA) is 113 Å². The van der Waals surface area contributed by atoms with Crippen LogP contribution in [-0.4, -0.2) is 50.2 Å². The molecular formula is C29H29N5O4. The van der Waals surface area contributed by atoms with Gasteiger partial charge in [0.1, 0.15) is 6.04 Å². The largest absolute Gasteiger partial charge is 0.349 e. The molecule has 3 aliphatic rings. The molecule has 9 heteroatoms. The average Bonchev–Trinajstić information content (AvgIpc) is 3.64. The number of hydrogen-bond donors (Lipinski definition) is 2. The van der Waals surface area contributed by atoms with Crippen molar-refractivity contribution in [3.8, 4) is 22.5 Å². The maximum atomic E-state index is 13.1. The molecule has 1 atom stereocenters. The van der Waals surface area contributed by atoms with Crippen molar-refractivity contribution in [2.45, 2.75) is 57.2 Å². The van der Waals surface area contributed by atoms with Gasteiger partial charge in [-0.05, 0) is 49.1 Å². The Morgan fingerprint density at radius 3 is 2.47 bits per heavy atom. The molecule has 1 aliphatic carbocycles. The number of rotatable bonds is 5. The first-order valence-electron chi connectivity index (χ1n) is 13.1. The van der Waals surface area contributed by atoms with Gasteiger partial charge in [-0.1, -0.05) is 31.0 Å². The van der Waals surface area contributed by atoms with Crippen molar-refractivity contribution in [2.24, 2.45) is 7.05 Å². The van der Waals surface area contributed by atoms with Crippen molar-refractivity contribution < 1.29 is 19.2 Å². The Morgan fingerprint density at radius 1 is 1.00 bits per heavy atom. The zero-order valence-electron chi connectivity index (χ0n) is 21.2. The fourth-order valence-corrected chi connectivity index (χ4v) is 5.82. The van der Waals surface area contributed by atoms with Crippen LogP contribution in [0.1, 0.15) is 64.8 Å². The molecule has 2 aliphatic heterocycles. The molecule has 6 rings (SSSR count). The number of benzene rings is 2. The average molecular weight is 512 g/mol. The van der Waals surface area contributed by atoms with Gasteiger partial charge in [-0.2, -0.15) is 0 Å². The third-order valence-corrected chi connectivity index (χ3v) is 7.84. The third kappa shape index (κ3) is 4.27. The highest BCUT2D eigenvalue weighted by molar-refractivity contribution is 6.05. The maximum absolute atomic E-state index is 13.1. The summed E-state index contributed by atoms with van der Waals surface area (Å²) in [6, 6.07) is 12.8. The van der Waals surface area contributed by atoms with Crippen LogP contribution >= 0.6 is 0 Å². The summed E-state index contributed by atoms with van der Waals surface area (Å²) in [5, 5.41) is 5.47. The van der Waals surface area contributed by atoms with E-state index in [1.807, 2.05) is 48.0 Å². The van der Waals surface area contributed by atoms with Crippen LogP contribution < -0.4 is 10.6 Å². The Morgan fingerprint density at radius 2 is 1.74 bits per heavy atom. The van der Waals surface area contributed by atoms with Crippen molar-refractivity contribution in [1.82, 2.24) is 25.1 Å². The molecule has 194 valence electrons. The number of imide groups is 1. The van der Waals surface area contributed by atoms with Gasteiger partial charge in [-0.3, -0.25) is 24.5 Å². The number of hydrogen-bond acceptors (Lipinski definition) is 5. The van der Waals surface area contributed by atoms with Gasteiger partial charge in [-0.15, -0.1) is 0 Å². The molecule has 1 aromatic heterocycles. The highest BCUT2D eigenvalue weighted by atomic mass is 16.2. The lowest BCUT2D eigenvalue weighted by atomic mass is 10.00. The molecule has 38 heavy (non-hydrogen) atoms. The summed E-state index contributed by atoms with van der Waals surface area (Å²) in [5.41, 5.74) is 5.49. The van der Waals surface area contributed by atoms with Crippen LogP contribution in [0.3, 0.4) is 0 Å². The number of carbonyl (C=O) groups is 4. The number of aromatic nitrogens is 2. The number of carbonyl (C=O) groups excluding carboxylic acids is 4. The minimum atomic E-state index is -0.647. The van der Waals surface area contributed by atoms with E-state index in [9.17, 15) is 19.2 Å². The van der Waals surface area contributed by atoms with Crippen LogP contribution in [0.4, 0.5) is 0 Å². The molecule has 3 aromatic rings. The van der Waals surface area contributed by atoms with Crippen LogP contribution in [0.15, 0.2) is 48.8 Å². The van der Waals surface area contributed by atoms with E-state index in [2.05, 4.69) is 15.6 Å². The lowest BCUT2D eigenvalue weighted by Crippen LogP contribution is -2.52. The lowest BCUT2D eigenvalue weighted by Gasteiger charge is -2.29. The number of nitrogens with zero attached hydrogens (tertiary/aromatic N) is 3. The van der Waals surface area contributed by atoms with Gasteiger partial charge in [0, 0.05) is 48.3 Å². The van der Waals surface area contributed by atoms with Crippen LogP contribution in [0.25, 0.3) is 22.5 Å². The van der Waals surface area contributed by atoms with Gasteiger partial charge < -0.3 is 14.8 Å². The SMILES string of the molecule is Cn1cnc(-c2ccc3c(c2)CN(C2CCC(=O)NC2=O)C3=O)c1-c1ccc(C(=O)NC2CCCC2)cc1. The zero-order chi connectivity index (χ0) is 26.4. The third-order valence-electron chi connectivity index (χ3n) is 7.84. The number of fused-ring (bicyclic) bond motifs is 1. The van der Waals surface area contributed by atoms with Crippen LogP contribution in [0.2, 0.25) is 0 Å². The van der Waals surface area contributed by atoms with E-state index in [0.29, 0.717) is 24.1 Å². The monoisotopic (exact) mass is 511 g/mol. The molecule has 0 spiro atoms. The van der Waals surface area contributed by atoms with E-state index in [1.54, 1.807) is 17.3 Å². The molecule has 1 saturated heterocycles. The van der Waals surface area contributed by atoms with Crippen LogP contribution in [0.5, 0.6) is 0 Å². The van der Waals surface area contributed by atoms with Crippen molar-refractivity contribution in [3.05, 3.63) is 65.5 Å². The fourth-order valence-electron chi connectivity index (χ4n) is 5.82. The van der Waals surface area contributed by atoms with Gasteiger partial charge in [0.25, 0.3) is 11.8 Å². The van der Waals surface area contributed by atoms with Gasteiger partial charge in [0.2, 0.25) is 11.8 Å². The quantitative estimate of drug-likeness (QED) is 0.511. The van der Waals surface area contributed by atoms with Crippen LogP contribution in [0, 0.1) is 0 Å². The second-order valence-electron chi connectivity index (χ2n) is 10.4. The van der Waals surface area contributed by atoms with Gasteiger partial charge >= 0.3 is 0 Å². The Balaban J connectivity index is 1.24. The van der Waals surface area contributed by atoms with Crippen molar-refractivity contribution in [1.29, 1.82) is 0 Å². The second kappa shape index (κ2) is 9.55. The molecular weight excluding hydrogens is 482 g/mol. The standard InChI is InChI=1S/C29H29N5O4/c1-33-16-30-25(26(33)17-6-8-18(9-7-17)27(36)31-21-4-2-3-5-21)19-10-11-22-20(14-19)15-34(29(22)38)23-12-13-24(35)32-28(23)37/h6-11,14,16,21,23H,2-5,12-13,15H2,1H3,(H,31,36)(H,32,35,37). The summed E-state index contributed by atoms with van der Waals surface area (Å²) in [7, 11) is 1.92. The summed E-state index contributed by atoms with van der Waals surface area (Å²) >= 11 is 0. The number of piperidine rings is 1. The Hall–Kier alpha value is -4.27. The summed E-state index contributed by atoms with van der Waals surface area (Å²) in [6.45, 7) is 0.307. The van der Waals surface area contributed by atoms with E-state index in [-0.39, 0.29) is 30.2 Å². The van der Waals surface area contributed by atoms with E-state index in [4.69, 9.17) is 0 Å². The number of amides is 4. The van der Waals surface area contributed by atoms with E-state index < -0.39 is 11.9 Å².